The first-order valence-corrected chi connectivity index (χ1v) is 15.9. The van der Waals surface area contributed by atoms with Crippen LogP contribution in [-0.2, 0) is 24.8 Å². The molecule has 2 saturated heterocycles. The average Bonchev–Trinajstić information content (AvgIpc) is 3.75. The Kier molecular flexibility index (Phi) is 7.42. The van der Waals surface area contributed by atoms with Crippen LogP contribution in [0.5, 0.6) is 5.75 Å². The van der Waals surface area contributed by atoms with Gasteiger partial charge in [-0.05, 0) is 12.1 Å². The lowest BCUT2D eigenvalue weighted by Gasteiger charge is -2.36. The number of nitrogen functional groups attached to an aromatic ring is 1. The van der Waals surface area contributed by atoms with Crippen molar-refractivity contribution in [1.29, 1.82) is 0 Å². The van der Waals surface area contributed by atoms with E-state index in [1.807, 2.05) is 4.90 Å². The van der Waals surface area contributed by atoms with E-state index in [4.69, 9.17) is 14.9 Å². The SMILES string of the molecule is Cn1c(=O)n(CCN2CCN(c3cc(O[C@H]4CC[S@+]([O-])CC4)c(F)cc3F)CC2)c2nc(N)n3nc(-c4ccco4)nc3c21. The van der Waals surface area contributed by atoms with Gasteiger partial charge in [-0.25, -0.2) is 18.6 Å². The summed E-state index contributed by atoms with van der Waals surface area (Å²) in [7, 11) is 1.66. The van der Waals surface area contributed by atoms with E-state index in [2.05, 4.69) is 20.0 Å². The molecule has 16 heteroatoms. The van der Waals surface area contributed by atoms with Crippen LogP contribution in [-0.4, -0.2) is 88.5 Å². The molecular formula is C28H31F2N9O4S. The highest BCUT2D eigenvalue weighted by Gasteiger charge is 2.27. The summed E-state index contributed by atoms with van der Waals surface area (Å²) in [6.45, 7) is 3.14. The van der Waals surface area contributed by atoms with Gasteiger partial charge >= 0.3 is 5.69 Å². The van der Waals surface area contributed by atoms with E-state index >= 15 is 0 Å². The molecule has 5 aromatic rings. The Morgan fingerprint density at radius 1 is 1.09 bits per heavy atom. The largest absolute Gasteiger partial charge is 0.616 e. The van der Waals surface area contributed by atoms with Crippen LogP contribution in [0, 0.1) is 11.6 Å². The number of hydrogen-bond donors (Lipinski definition) is 1. The molecule has 1 aromatic carbocycles. The third kappa shape index (κ3) is 5.16. The van der Waals surface area contributed by atoms with Crippen LogP contribution in [0.2, 0.25) is 0 Å². The van der Waals surface area contributed by atoms with Gasteiger partial charge in [0.15, 0.2) is 28.6 Å². The molecule has 0 aliphatic carbocycles. The number of nitrogens with two attached hydrogens (primary N) is 1. The Balaban J connectivity index is 1.05. The molecule has 13 nitrogen and oxygen atoms in total. The third-order valence-electron chi connectivity index (χ3n) is 8.30. The fourth-order valence-corrected chi connectivity index (χ4v) is 7.13. The maximum Gasteiger partial charge on any atom is 0.330 e. The molecule has 7 rings (SSSR count). The van der Waals surface area contributed by atoms with Crippen molar-refractivity contribution in [1.82, 2.24) is 33.6 Å². The van der Waals surface area contributed by atoms with Crippen LogP contribution in [0.1, 0.15) is 12.8 Å². The molecule has 6 heterocycles. The van der Waals surface area contributed by atoms with Crippen molar-refractivity contribution in [2.75, 3.05) is 54.9 Å². The second-order valence-electron chi connectivity index (χ2n) is 11.0. The maximum atomic E-state index is 14.9. The molecule has 2 N–H and O–H groups in total. The number of ether oxygens (including phenoxy) is 1. The lowest BCUT2D eigenvalue weighted by molar-refractivity contribution is 0.181. The molecule has 0 amide bonds. The molecule has 0 saturated carbocycles. The van der Waals surface area contributed by atoms with Gasteiger partial charge in [0.1, 0.15) is 28.9 Å². The van der Waals surface area contributed by atoms with Gasteiger partial charge in [-0.3, -0.25) is 14.0 Å². The quantitative estimate of drug-likeness (QED) is 0.266. The Bertz CT molecular complexity index is 1870. The smallest absolute Gasteiger partial charge is 0.330 e. The van der Waals surface area contributed by atoms with Crippen LogP contribution in [0.15, 0.2) is 39.7 Å². The van der Waals surface area contributed by atoms with Gasteiger partial charge in [0, 0.05) is 71.3 Å². The van der Waals surface area contributed by atoms with Crippen LogP contribution in [0.25, 0.3) is 28.4 Å². The fourth-order valence-electron chi connectivity index (χ4n) is 5.88. The zero-order chi connectivity index (χ0) is 30.5. The first-order chi connectivity index (χ1) is 21.3. The Morgan fingerprint density at radius 3 is 2.59 bits per heavy atom. The molecule has 2 fully saturated rings. The molecule has 4 aromatic heterocycles. The van der Waals surface area contributed by atoms with Crippen LogP contribution < -0.4 is 21.1 Å². The number of aromatic nitrogens is 6. The zero-order valence-electron chi connectivity index (χ0n) is 24.0. The first kappa shape index (κ1) is 28.6. The Labute approximate surface area is 253 Å². The molecule has 2 aliphatic rings. The van der Waals surface area contributed by atoms with Gasteiger partial charge in [-0.2, -0.15) is 9.50 Å². The lowest BCUT2D eigenvalue weighted by Crippen LogP contribution is -2.47. The monoisotopic (exact) mass is 627 g/mol. The van der Waals surface area contributed by atoms with Crippen LogP contribution >= 0.6 is 0 Å². The van der Waals surface area contributed by atoms with E-state index in [-0.39, 0.29) is 29.2 Å². The minimum Gasteiger partial charge on any atom is -0.616 e. The van der Waals surface area contributed by atoms with Crippen molar-refractivity contribution in [2.45, 2.75) is 25.5 Å². The van der Waals surface area contributed by atoms with E-state index < -0.39 is 22.8 Å². The average molecular weight is 628 g/mol. The second kappa shape index (κ2) is 11.4. The molecule has 0 atom stereocenters. The van der Waals surface area contributed by atoms with E-state index in [1.54, 1.807) is 23.7 Å². The predicted octanol–water partition coefficient (Wildman–Crippen LogP) is 2.01. The van der Waals surface area contributed by atoms with Crippen molar-refractivity contribution < 1.29 is 22.5 Å². The number of fused-ring (bicyclic) bond motifs is 3. The number of nitrogens with zero attached hydrogens (tertiary/aromatic N) is 8. The van der Waals surface area contributed by atoms with Gasteiger partial charge in [-0.1, -0.05) is 11.2 Å². The number of anilines is 2. The molecule has 232 valence electrons. The van der Waals surface area contributed by atoms with Gasteiger partial charge in [0.2, 0.25) is 11.8 Å². The number of furan rings is 1. The van der Waals surface area contributed by atoms with E-state index in [9.17, 15) is 18.1 Å². The van der Waals surface area contributed by atoms with Crippen LogP contribution in [0.3, 0.4) is 0 Å². The Hall–Kier alpha value is -4.15. The van der Waals surface area contributed by atoms with Gasteiger partial charge < -0.3 is 24.3 Å². The highest BCUT2D eigenvalue weighted by molar-refractivity contribution is 7.91. The topological polar surface area (TPSA) is 148 Å². The summed E-state index contributed by atoms with van der Waals surface area (Å²) in [6.07, 6.45) is 2.44. The number of aryl methyl sites for hydroxylation is 1. The molecule has 0 spiro atoms. The first-order valence-electron chi connectivity index (χ1n) is 14.4. The maximum absolute atomic E-state index is 14.9. The molecule has 0 unspecified atom stereocenters. The normalized spacial score (nSPS) is 19.8. The highest BCUT2D eigenvalue weighted by atomic mass is 32.2. The number of imidazole rings is 1. The zero-order valence-corrected chi connectivity index (χ0v) is 24.8. The van der Waals surface area contributed by atoms with Gasteiger partial charge in [0.25, 0.3) is 0 Å². The molecule has 44 heavy (non-hydrogen) atoms. The summed E-state index contributed by atoms with van der Waals surface area (Å²) in [5.41, 5.74) is 7.56. The van der Waals surface area contributed by atoms with E-state index in [1.165, 1.54) is 21.4 Å². The van der Waals surface area contributed by atoms with Crippen molar-refractivity contribution in [3.05, 3.63) is 52.6 Å². The summed E-state index contributed by atoms with van der Waals surface area (Å²) in [4.78, 5) is 26.4. The van der Waals surface area contributed by atoms with Crippen molar-refractivity contribution in [3.8, 4) is 17.3 Å². The number of rotatable bonds is 7. The molecular weight excluding hydrogens is 596 g/mol. The highest BCUT2D eigenvalue weighted by Crippen LogP contribution is 2.31. The number of halogens is 2. The second-order valence-corrected chi connectivity index (χ2v) is 12.7. The molecule has 0 radical (unpaired) electrons. The lowest BCUT2D eigenvalue weighted by atomic mass is 10.2. The Morgan fingerprint density at radius 2 is 1.86 bits per heavy atom. The van der Waals surface area contributed by atoms with Crippen molar-refractivity contribution in [3.63, 3.8) is 0 Å². The van der Waals surface area contributed by atoms with Crippen molar-refractivity contribution >= 4 is 39.6 Å². The fraction of sp³-hybridized carbons (Fsp3) is 0.429. The van der Waals surface area contributed by atoms with E-state index in [0.717, 1.165) is 6.07 Å². The summed E-state index contributed by atoms with van der Waals surface area (Å²) in [6, 6.07) is 5.77. The minimum atomic E-state index is -0.858. The van der Waals surface area contributed by atoms with Gasteiger partial charge in [-0.15, -0.1) is 5.10 Å². The summed E-state index contributed by atoms with van der Waals surface area (Å²) >= 11 is -0.858. The third-order valence-corrected chi connectivity index (χ3v) is 9.68. The van der Waals surface area contributed by atoms with Crippen LogP contribution in [0.4, 0.5) is 20.4 Å². The minimum absolute atomic E-state index is 0.0154. The number of piperazine rings is 1. The standard InChI is InChI=1S/C28H31F2N9O4S/c1-35-23-25(33-27(31)39-26(23)32-24(34-39)21-3-2-12-42-21)38(28(35)40)11-8-36-6-9-37(10-7-36)20-16-22(19(30)15-18(20)29)43-17-4-13-44(41)14-5-17/h2-3,12,15-17H,4-11,13-14H2,1H3,(H2,31,33)/t17-,44-. The number of hydrogen-bond acceptors (Lipinski definition) is 10. The summed E-state index contributed by atoms with van der Waals surface area (Å²) in [5.74, 6) is 0.563. The molecule has 2 aliphatic heterocycles. The van der Waals surface area contributed by atoms with Crippen molar-refractivity contribution in [2.24, 2.45) is 7.05 Å². The predicted molar refractivity (Wildman–Crippen MR) is 160 cm³/mol. The number of benzene rings is 1. The summed E-state index contributed by atoms with van der Waals surface area (Å²) in [5, 5.41) is 4.40. The van der Waals surface area contributed by atoms with E-state index in [0.29, 0.717) is 92.0 Å². The molecule has 0 bridgehead atoms. The van der Waals surface area contributed by atoms with Gasteiger partial charge in [0.05, 0.1) is 12.0 Å². The summed E-state index contributed by atoms with van der Waals surface area (Å²) < 4.78 is 56.8.